The minimum Gasteiger partial charge on any atom is -0.349 e. The van der Waals surface area contributed by atoms with Crippen molar-refractivity contribution >= 4 is 5.91 Å². The molecule has 0 aromatic heterocycles. The second kappa shape index (κ2) is 6.33. The predicted molar refractivity (Wildman–Crippen MR) is 77.8 cm³/mol. The normalized spacial score (nSPS) is 11.9. The van der Waals surface area contributed by atoms with Crippen LogP contribution in [0.1, 0.15) is 29.7 Å². The molecular weight excluding hydrogens is 253 g/mol. The van der Waals surface area contributed by atoms with Crippen LogP contribution in [-0.4, -0.2) is 5.91 Å². The Kier molecular flexibility index (Phi) is 4.51. The number of hydrogen-bond donors (Lipinski definition) is 1. The molecule has 0 aliphatic heterocycles. The summed E-state index contributed by atoms with van der Waals surface area (Å²) >= 11 is 0. The first-order valence-corrected chi connectivity index (χ1v) is 6.65. The van der Waals surface area contributed by atoms with Gasteiger partial charge in [0, 0.05) is 0 Å². The average molecular weight is 271 g/mol. The number of aryl methyl sites for hydroxylation is 1. The minimum absolute atomic E-state index is 0.0378. The van der Waals surface area contributed by atoms with Crippen LogP contribution in [-0.2, 0) is 11.2 Å². The van der Waals surface area contributed by atoms with Crippen molar-refractivity contribution in [2.45, 2.75) is 26.3 Å². The van der Waals surface area contributed by atoms with Crippen molar-refractivity contribution in [3.63, 3.8) is 0 Å². The lowest BCUT2D eigenvalue weighted by atomic mass is 10.0. The number of hydrogen-bond acceptors (Lipinski definition) is 1. The van der Waals surface area contributed by atoms with E-state index in [0.717, 1.165) is 16.7 Å². The van der Waals surface area contributed by atoms with E-state index >= 15 is 0 Å². The maximum Gasteiger partial charge on any atom is 0.224 e. The van der Waals surface area contributed by atoms with E-state index < -0.39 is 0 Å². The average Bonchev–Trinajstić information content (AvgIpc) is 2.41. The van der Waals surface area contributed by atoms with E-state index in [2.05, 4.69) is 5.32 Å². The number of nitrogens with one attached hydrogen (secondary N) is 1. The number of halogens is 1. The predicted octanol–water partition coefficient (Wildman–Crippen LogP) is 3.55. The fourth-order valence-corrected chi connectivity index (χ4v) is 2.23. The van der Waals surface area contributed by atoms with Crippen LogP contribution in [0.2, 0.25) is 0 Å². The largest absolute Gasteiger partial charge is 0.349 e. The summed E-state index contributed by atoms with van der Waals surface area (Å²) in [5.41, 5.74) is 3.07. The van der Waals surface area contributed by atoms with Crippen molar-refractivity contribution in [3.05, 3.63) is 71.0 Å². The Bertz CT molecular complexity index is 592. The highest BCUT2D eigenvalue weighted by atomic mass is 19.1. The van der Waals surface area contributed by atoms with Gasteiger partial charge in [0.1, 0.15) is 5.82 Å². The summed E-state index contributed by atoms with van der Waals surface area (Å²) in [5.74, 6) is -0.352. The van der Waals surface area contributed by atoms with E-state index in [1.54, 1.807) is 12.1 Å². The van der Waals surface area contributed by atoms with Crippen LogP contribution < -0.4 is 5.32 Å². The van der Waals surface area contributed by atoms with Crippen molar-refractivity contribution in [2.24, 2.45) is 0 Å². The molecule has 1 N–H and O–H groups in total. The number of benzene rings is 2. The highest BCUT2D eigenvalue weighted by Crippen LogP contribution is 2.16. The van der Waals surface area contributed by atoms with Gasteiger partial charge in [-0.05, 0) is 42.7 Å². The van der Waals surface area contributed by atoms with Crippen molar-refractivity contribution in [1.29, 1.82) is 0 Å². The Labute approximate surface area is 118 Å². The summed E-state index contributed by atoms with van der Waals surface area (Å²) < 4.78 is 12.8. The maximum atomic E-state index is 12.8. The van der Waals surface area contributed by atoms with Gasteiger partial charge in [0.25, 0.3) is 0 Å². The van der Waals surface area contributed by atoms with E-state index in [1.165, 1.54) is 12.1 Å². The Morgan fingerprint density at radius 1 is 1.15 bits per heavy atom. The van der Waals surface area contributed by atoms with Crippen LogP contribution in [0.25, 0.3) is 0 Å². The van der Waals surface area contributed by atoms with E-state index in [-0.39, 0.29) is 24.2 Å². The van der Waals surface area contributed by atoms with Crippen molar-refractivity contribution in [3.8, 4) is 0 Å². The van der Waals surface area contributed by atoms with Gasteiger partial charge in [-0.25, -0.2) is 4.39 Å². The Morgan fingerprint density at radius 3 is 2.45 bits per heavy atom. The molecule has 0 unspecified atom stereocenters. The fraction of sp³-hybridized carbons (Fsp3) is 0.235. The number of carbonyl (C=O) groups is 1. The lowest BCUT2D eigenvalue weighted by Gasteiger charge is -2.16. The monoisotopic (exact) mass is 271 g/mol. The van der Waals surface area contributed by atoms with E-state index in [4.69, 9.17) is 0 Å². The van der Waals surface area contributed by atoms with Gasteiger partial charge in [-0.2, -0.15) is 0 Å². The molecule has 0 bridgehead atoms. The van der Waals surface area contributed by atoms with E-state index in [0.29, 0.717) is 0 Å². The molecule has 20 heavy (non-hydrogen) atoms. The molecule has 2 nitrogen and oxygen atoms in total. The molecule has 0 aliphatic carbocycles. The van der Waals surface area contributed by atoms with Gasteiger partial charge in [0.05, 0.1) is 12.5 Å². The maximum absolute atomic E-state index is 12.8. The topological polar surface area (TPSA) is 29.1 Å². The third kappa shape index (κ3) is 3.67. The first-order chi connectivity index (χ1) is 9.56. The second-order valence-corrected chi connectivity index (χ2v) is 4.95. The summed E-state index contributed by atoms with van der Waals surface area (Å²) in [6, 6.07) is 13.9. The summed E-state index contributed by atoms with van der Waals surface area (Å²) in [5, 5.41) is 2.97. The van der Waals surface area contributed by atoms with Gasteiger partial charge >= 0.3 is 0 Å². The third-order valence-corrected chi connectivity index (χ3v) is 3.31. The zero-order chi connectivity index (χ0) is 14.5. The quantitative estimate of drug-likeness (QED) is 0.905. The van der Waals surface area contributed by atoms with Crippen molar-refractivity contribution < 1.29 is 9.18 Å². The lowest BCUT2D eigenvalue weighted by Crippen LogP contribution is -2.28. The Balaban J connectivity index is 1.98. The molecule has 2 aromatic carbocycles. The van der Waals surface area contributed by atoms with Crippen LogP contribution in [0.15, 0.2) is 48.5 Å². The lowest BCUT2D eigenvalue weighted by molar-refractivity contribution is -0.121. The highest BCUT2D eigenvalue weighted by molar-refractivity contribution is 5.79. The molecule has 3 heteroatoms. The molecule has 104 valence electrons. The van der Waals surface area contributed by atoms with Gasteiger partial charge < -0.3 is 5.32 Å². The van der Waals surface area contributed by atoms with Crippen molar-refractivity contribution in [1.82, 2.24) is 5.32 Å². The third-order valence-electron chi connectivity index (χ3n) is 3.31. The minimum atomic E-state index is -0.289. The summed E-state index contributed by atoms with van der Waals surface area (Å²) in [7, 11) is 0. The molecule has 0 aliphatic rings. The molecule has 0 radical (unpaired) electrons. The Morgan fingerprint density at radius 2 is 1.80 bits per heavy atom. The molecule has 0 heterocycles. The fourth-order valence-electron chi connectivity index (χ4n) is 2.23. The zero-order valence-electron chi connectivity index (χ0n) is 11.7. The van der Waals surface area contributed by atoms with Gasteiger partial charge in [-0.15, -0.1) is 0 Å². The molecule has 2 aromatic rings. The van der Waals surface area contributed by atoms with Crippen LogP contribution in [0.4, 0.5) is 4.39 Å². The molecule has 1 atom stereocenters. The zero-order valence-corrected chi connectivity index (χ0v) is 11.7. The van der Waals surface area contributed by atoms with Crippen molar-refractivity contribution in [2.75, 3.05) is 0 Å². The van der Waals surface area contributed by atoms with E-state index in [1.807, 2.05) is 38.1 Å². The van der Waals surface area contributed by atoms with Gasteiger partial charge in [-0.1, -0.05) is 36.4 Å². The number of rotatable bonds is 4. The molecular formula is C17H18FNO. The summed E-state index contributed by atoms with van der Waals surface area (Å²) in [6.45, 7) is 3.99. The van der Waals surface area contributed by atoms with Crippen LogP contribution in [0, 0.1) is 12.7 Å². The standard InChI is InChI=1S/C17H18FNO/c1-12-5-3-4-6-16(12)13(2)19-17(20)11-14-7-9-15(18)10-8-14/h3-10,13H,11H2,1-2H3,(H,19,20)/t13-/m0/s1. The van der Waals surface area contributed by atoms with E-state index in [9.17, 15) is 9.18 Å². The van der Waals surface area contributed by atoms with Gasteiger partial charge in [-0.3, -0.25) is 4.79 Å². The molecule has 0 saturated carbocycles. The molecule has 1 amide bonds. The summed E-state index contributed by atoms with van der Waals surface area (Å²) in [6.07, 6.45) is 0.260. The first kappa shape index (κ1) is 14.3. The molecule has 0 saturated heterocycles. The number of amides is 1. The molecule has 0 spiro atoms. The van der Waals surface area contributed by atoms with Gasteiger partial charge in [0.15, 0.2) is 0 Å². The second-order valence-electron chi connectivity index (χ2n) is 4.95. The SMILES string of the molecule is Cc1ccccc1[C@H](C)NC(=O)Cc1ccc(F)cc1. The van der Waals surface area contributed by atoms with Crippen LogP contribution in [0.5, 0.6) is 0 Å². The number of carbonyl (C=O) groups excluding carboxylic acids is 1. The smallest absolute Gasteiger partial charge is 0.224 e. The Hall–Kier alpha value is -2.16. The van der Waals surface area contributed by atoms with Gasteiger partial charge in [0.2, 0.25) is 5.91 Å². The van der Waals surface area contributed by atoms with Crippen LogP contribution in [0.3, 0.4) is 0 Å². The molecule has 2 rings (SSSR count). The first-order valence-electron chi connectivity index (χ1n) is 6.65. The highest BCUT2D eigenvalue weighted by Gasteiger charge is 2.11. The molecule has 0 fully saturated rings. The summed E-state index contributed by atoms with van der Waals surface area (Å²) in [4.78, 5) is 12.0. The van der Waals surface area contributed by atoms with Crippen LogP contribution >= 0.6 is 0 Å².